The molecule has 0 saturated carbocycles. The molecule has 50 heavy (non-hydrogen) atoms. The molecule has 1 amide bonds. The summed E-state index contributed by atoms with van der Waals surface area (Å²) in [7, 11) is -4.40. The highest BCUT2D eigenvalue weighted by molar-refractivity contribution is 7.47. The monoisotopic (exact) mass is 729 g/mol. The summed E-state index contributed by atoms with van der Waals surface area (Å²) in [5, 5.41) is 23.9. The molecule has 0 fully saturated rings. The number of aliphatic hydroxyl groups is 2. The van der Waals surface area contributed by atoms with Crippen LogP contribution in [0.3, 0.4) is 0 Å². The number of nitrogens with two attached hydrogens (primary N) is 1. The zero-order chi connectivity index (χ0) is 37.0. The van der Waals surface area contributed by atoms with E-state index in [1.807, 2.05) is 6.08 Å². The van der Waals surface area contributed by atoms with Crippen molar-refractivity contribution in [1.29, 1.82) is 0 Å². The lowest BCUT2D eigenvalue weighted by Crippen LogP contribution is -2.46. The van der Waals surface area contributed by atoms with E-state index in [-0.39, 0.29) is 19.6 Å². The smallest absolute Gasteiger partial charge is 0.393 e. The van der Waals surface area contributed by atoms with Gasteiger partial charge >= 0.3 is 7.82 Å². The maximum Gasteiger partial charge on any atom is 0.472 e. The number of phosphoric ester groups is 1. The van der Waals surface area contributed by atoms with Gasteiger partial charge in [0.05, 0.1) is 37.9 Å². The Balaban J connectivity index is 4.41. The molecule has 10 heteroatoms. The van der Waals surface area contributed by atoms with Crippen molar-refractivity contribution < 1.29 is 33.5 Å². The average molecular weight is 729 g/mol. The highest BCUT2D eigenvalue weighted by atomic mass is 31.2. The number of carbonyl (C=O) groups is 1. The van der Waals surface area contributed by atoms with Crippen molar-refractivity contribution in [2.24, 2.45) is 5.73 Å². The largest absolute Gasteiger partial charge is 0.472 e. The topological polar surface area (TPSA) is 151 Å². The highest BCUT2D eigenvalue weighted by Crippen LogP contribution is 2.43. The van der Waals surface area contributed by atoms with Gasteiger partial charge in [-0.05, 0) is 51.4 Å². The zero-order valence-corrected chi connectivity index (χ0v) is 32.9. The van der Waals surface area contributed by atoms with Gasteiger partial charge in [0.1, 0.15) is 0 Å². The number of amides is 1. The molecule has 0 radical (unpaired) electrons. The van der Waals surface area contributed by atoms with Gasteiger partial charge in [0, 0.05) is 6.54 Å². The van der Waals surface area contributed by atoms with E-state index in [1.165, 1.54) is 96.3 Å². The molecule has 9 nitrogen and oxygen atoms in total. The van der Waals surface area contributed by atoms with Crippen LogP contribution < -0.4 is 11.1 Å². The minimum Gasteiger partial charge on any atom is -0.393 e. The summed E-state index contributed by atoms with van der Waals surface area (Å²) in [6, 6.07) is -1.00. The van der Waals surface area contributed by atoms with Crippen LogP contribution in [0, 0.1) is 0 Å². The molecule has 0 aromatic heterocycles. The second kappa shape index (κ2) is 36.1. The molecule has 0 bridgehead atoms. The fourth-order valence-corrected chi connectivity index (χ4v) is 6.40. The molecular weight excluding hydrogens is 651 g/mol. The van der Waals surface area contributed by atoms with Gasteiger partial charge in [-0.15, -0.1) is 0 Å². The van der Waals surface area contributed by atoms with E-state index in [4.69, 9.17) is 14.8 Å². The highest BCUT2D eigenvalue weighted by Gasteiger charge is 2.27. The van der Waals surface area contributed by atoms with Crippen LogP contribution in [0.2, 0.25) is 0 Å². The number of aliphatic hydroxyl groups excluding tert-OH is 2. The van der Waals surface area contributed by atoms with Gasteiger partial charge in [0.15, 0.2) is 0 Å². The van der Waals surface area contributed by atoms with E-state index < -0.39 is 38.6 Å². The Bertz CT molecular complexity index is 899. The van der Waals surface area contributed by atoms with Crippen LogP contribution in [-0.4, -0.2) is 59.0 Å². The first-order chi connectivity index (χ1) is 24.3. The predicted octanol–water partition coefficient (Wildman–Crippen LogP) is 9.75. The van der Waals surface area contributed by atoms with Crippen molar-refractivity contribution >= 4 is 13.7 Å². The summed E-state index contributed by atoms with van der Waals surface area (Å²) in [5.41, 5.74) is 5.34. The normalized spacial score (nSPS) is 15.2. The quantitative estimate of drug-likeness (QED) is 0.0241. The number of hydrogen-bond donors (Lipinski definition) is 5. The first-order valence-corrected chi connectivity index (χ1v) is 21.7. The fraction of sp³-hybridized carbons (Fsp3) is 0.825. The maximum absolute atomic E-state index is 12.7. The van der Waals surface area contributed by atoms with E-state index in [9.17, 15) is 24.5 Å². The molecule has 0 aliphatic carbocycles. The fourth-order valence-electron chi connectivity index (χ4n) is 5.64. The third kappa shape index (κ3) is 33.8. The molecular formula is C40H77N2O7P. The number of rotatable bonds is 37. The molecule has 294 valence electrons. The lowest BCUT2D eigenvalue weighted by atomic mass is 10.0. The number of unbranched alkanes of at least 4 members (excludes halogenated alkanes) is 19. The second-order valence-corrected chi connectivity index (χ2v) is 15.1. The van der Waals surface area contributed by atoms with Gasteiger partial charge in [-0.25, -0.2) is 4.57 Å². The lowest BCUT2D eigenvalue weighted by molar-refractivity contribution is -0.124. The van der Waals surface area contributed by atoms with Crippen LogP contribution in [0.5, 0.6) is 0 Å². The van der Waals surface area contributed by atoms with E-state index in [1.54, 1.807) is 6.08 Å². The van der Waals surface area contributed by atoms with E-state index in [2.05, 4.69) is 43.5 Å². The zero-order valence-electron chi connectivity index (χ0n) is 32.0. The molecule has 4 unspecified atom stereocenters. The molecule has 6 N–H and O–H groups in total. The van der Waals surface area contributed by atoms with Gasteiger partial charge in [-0.3, -0.25) is 13.8 Å². The van der Waals surface area contributed by atoms with Gasteiger partial charge in [-0.2, -0.15) is 0 Å². The molecule has 0 spiro atoms. The van der Waals surface area contributed by atoms with Crippen LogP contribution >= 0.6 is 7.82 Å². The molecule has 0 aromatic carbocycles. The number of phosphoric acid groups is 1. The predicted molar refractivity (Wildman–Crippen MR) is 209 cm³/mol. The Kier molecular flexibility index (Phi) is 35.1. The van der Waals surface area contributed by atoms with E-state index in [0.717, 1.165) is 44.9 Å². The summed E-state index contributed by atoms with van der Waals surface area (Å²) in [5.74, 6) is -0.468. The summed E-state index contributed by atoms with van der Waals surface area (Å²) in [6.45, 7) is 3.88. The first kappa shape index (κ1) is 48.7. The van der Waals surface area contributed by atoms with Crippen LogP contribution in [0.4, 0.5) is 0 Å². The number of hydrogen-bond acceptors (Lipinski definition) is 7. The number of carbonyl (C=O) groups excluding carboxylic acids is 1. The van der Waals surface area contributed by atoms with Crippen molar-refractivity contribution in [3.05, 3.63) is 36.5 Å². The Morgan fingerprint density at radius 1 is 0.680 bits per heavy atom. The van der Waals surface area contributed by atoms with Crippen LogP contribution in [0.1, 0.15) is 174 Å². The van der Waals surface area contributed by atoms with Crippen molar-refractivity contribution in [2.45, 2.75) is 193 Å². The molecule has 0 aliphatic rings. The van der Waals surface area contributed by atoms with Crippen LogP contribution in [-0.2, 0) is 18.4 Å². The molecule has 0 rings (SSSR count). The lowest BCUT2D eigenvalue weighted by Gasteiger charge is -2.24. The number of nitrogens with one attached hydrogen (secondary N) is 1. The maximum atomic E-state index is 12.7. The van der Waals surface area contributed by atoms with Gasteiger partial charge in [-0.1, -0.05) is 153 Å². The van der Waals surface area contributed by atoms with Gasteiger partial charge in [0.25, 0.3) is 0 Å². The average Bonchev–Trinajstić information content (AvgIpc) is 3.09. The van der Waals surface area contributed by atoms with E-state index in [0.29, 0.717) is 12.8 Å². The molecule has 0 saturated heterocycles. The van der Waals surface area contributed by atoms with Crippen molar-refractivity contribution in [3.63, 3.8) is 0 Å². The van der Waals surface area contributed by atoms with Crippen molar-refractivity contribution in [2.75, 3.05) is 19.8 Å². The Labute approximate surface area is 306 Å². The molecule has 4 atom stereocenters. The first-order valence-electron chi connectivity index (χ1n) is 20.2. The summed E-state index contributed by atoms with van der Waals surface area (Å²) < 4.78 is 22.0. The standard InChI is InChI=1S/C40H77N2O7P/c1-3-5-7-9-11-13-14-15-16-17-18-19-20-21-22-24-26-28-30-32-39(44)38(36-49-50(46,47)48-34-33-41)42-40(45)35-37(43)31-29-27-25-23-12-10-8-6-4-2/h10,12,22,24,30,32,37-39,43-44H,3-9,11,13-21,23,25-29,31,33-36,41H2,1-2H3,(H,42,45)(H,46,47)/b12-10-,24-22+,32-30+. The summed E-state index contributed by atoms with van der Waals surface area (Å²) in [4.78, 5) is 22.6. The number of allylic oxidation sites excluding steroid dienone is 5. The van der Waals surface area contributed by atoms with Crippen LogP contribution in [0.25, 0.3) is 0 Å². The second-order valence-electron chi connectivity index (χ2n) is 13.7. The van der Waals surface area contributed by atoms with Gasteiger partial charge < -0.3 is 26.2 Å². The third-order valence-corrected chi connectivity index (χ3v) is 9.73. The van der Waals surface area contributed by atoms with E-state index >= 15 is 0 Å². The molecule has 0 heterocycles. The van der Waals surface area contributed by atoms with Gasteiger partial charge in [0.2, 0.25) is 5.91 Å². The minimum atomic E-state index is -4.40. The minimum absolute atomic E-state index is 0.0425. The molecule has 0 aliphatic heterocycles. The van der Waals surface area contributed by atoms with Crippen LogP contribution in [0.15, 0.2) is 36.5 Å². The Morgan fingerprint density at radius 2 is 1.16 bits per heavy atom. The summed E-state index contributed by atoms with van der Waals surface area (Å²) >= 11 is 0. The third-order valence-electron chi connectivity index (χ3n) is 8.74. The van der Waals surface area contributed by atoms with Crippen molar-refractivity contribution in [3.8, 4) is 0 Å². The SMILES string of the molecule is CCCC/C=C\CCCCCC(O)CC(=O)NC(COP(=O)(O)OCCN)C(O)/C=C/CC/C=C/CCCCCCCCCCCCCCC. The summed E-state index contributed by atoms with van der Waals surface area (Å²) in [6.07, 6.45) is 38.2. The Morgan fingerprint density at radius 3 is 1.72 bits per heavy atom. The Hall–Kier alpha value is -1.32. The molecule has 0 aromatic rings. The van der Waals surface area contributed by atoms with Crippen molar-refractivity contribution in [1.82, 2.24) is 5.32 Å².